The zero-order valence-electron chi connectivity index (χ0n) is 11.6. The van der Waals surface area contributed by atoms with Crippen molar-refractivity contribution < 1.29 is 18.8 Å². The van der Waals surface area contributed by atoms with Crippen LogP contribution in [0.2, 0.25) is 0 Å². The van der Waals surface area contributed by atoms with Crippen LogP contribution in [0.5, 0.6) is 0 Å². The summed E-state index contributed by atoms with van der Waals surface area (Å²) >= 11 is 4.86. The van der Waals surface area contributed by atoms with Crippen molar-refractivity contribution in [2.45, 2.75) is 6.61 Å². The van der Waals surface area contributed by atoms with E-state index in [0.717, 1.165) is 11.1 Å². The van der Waals surface area contributed by atoms with Gasteiger partial charge >= 0.3 is 5.97 Å². The third-order valence-electron chi connectivity index (χ3n) is 3.51. The minimum Gasteiger partial charge on any atom is -0.457 e. The fourth-order valence-corrected chi connectivity index (χ4v) is 2.61. The van der Waals surface area contributed by atoms with Crippen molar-refractivity contribution >= 4 is 35.3 Å². The van der Waals surface area contributed by atoms with Crippen molar-refractivity contribution in [2.75, 3.05) is 0 Å². The molecule has 0 spiro atoms. The van der Waals surface area contributed by atoms with Gasteiger partial charge in [-0.1, -0.05) is 11.2 Å². The predicted octanol–water partition coefficient (Wildman–Crippen LogP) is 1.36. The zero-order chi connectivity index (χ0) is 16.0. The Kier molecular flexibility index (Phi) is 2.98. The van der Waals surface area contributed by atoms with E-state index in [4.69, 9.17) is 21.5 Å². The smallest absolute Gasteiger partial charge is 0.338 e. The van der Waals surface area contributed by atoms with E-state index in [1.165, 1.54) is 6.08 Å². The van der Waals surface area contributed by atoms with Crippen molar-refractivity contribution in [3.05, 3.63) is 46.8 Å². The summed E-state index contributed by atoms with van der Waals surface area (Å²) in [4.78, 5) is 23.0. The lowest BCUT2D eigenvalue weighted by Crippen LogP contribution is -2.21. The summed E-state index contributed by atoms with van der Waals surface area (Å²) in [6.07, 6.45) is 1.52. The Morgan fingerprint density at radius 1 is 1.22 bits per heavy atom. The van der Waals surface area contributed by atoms with Gasteiger partial charge in [-0.3, -0.25) is 10.1 Å². The first-order chi connectivity index (χ1) is 11.1. The lowest BCUT2D eigenvalue weighted by Gasteiger charge is -1.97. The number of aromatic nitrogens is 1. The molecule has 1 aromatic heterocycles. The van der Waals surface area contributed by atoms with Crippen LogP contribution in [0.25, 0.3) is 17.3 Å². The zero-order valence-corrected chi connectivity index (χ0v) is 12.4. The summed E-state index contributed by atoms with van der Waals surface area (Å²) in [5, 5.41) is 9.43. The molecule has 1 fully saturated rings. The molecule has 2 aromatic rings. The highest BCUT2D eigenvalue weighted by molar-refractivity contribution is 7.80. The van der Waals surface area contributed by atoms with Crippen LogP contribution in [0, 0.1) is 0 Å². The summed E-state index contributed by atoms with van der Waals surface area (Å²) in [6.45, 7) is 0.262. The van der Waals surface area contributed by atoms with Crippen LogP contribution in [-0.4, -0.2) is 22.1 Å². The maximum absolute atomic E-state index is 11.6. The second-order valence-corrected chi connectivity index (χ2v) is 5.44. The van der Waals surface area contributed by atoms with E-state index in [2.05, 4.69) is 15.8 Å². The van der Waals surface area contributed by atoms with E-state index in [1.54, 1.807) is 18.2 Å². The molecule has 1 aromatic carbocycles. The number of fused-ring (bicyclic) bond motifs is 1. The molecule has 0 bridgehead atoms. The lowest BCUT2D eigenvalue weighted by atomic mass is 10.0. The Balaban J connectivity index is 1.64. The summed E-state index contributed by atoms with van der Waals surface area (Å²) in [6, 6.07) is 7.01. The minimum atomic E-state index is -0.318. The monoisotopic (exact) mass is 327 g/mol. The number of carbonyl (C=O) groups is 2. The highest BCUT2D eigenvalue weighted by Gasteiger charge is 2.23. The molecule has 0 saturated carbocycles. The average Bonchev–Trinajstić information content (AvgIpc) is 3.21. The van der Waals surface area contributed by atoms with Gasteiger partial charge in [-0.2, -0.15) is 0 Å². The van der Waals surface area contributed by atoms with Gasteiger partial charge in [0.1, 0.15) is 18.0 Å². The number of benzene rings is 1. The fraction of sp³-hybridized carbons (Fsp3) is 0.0667. The molecule has 2 N–H and O–H groups in total. The van der Waals surface area contributed by atoms with E-state index in [0.29, 0.717) is 22.7 Å². The predicted molar refractivity (Wildman–Crippen MR) is 82.9 cm³/mol. The number of hydrogen-bond donors (Lipinski definition) is 2. The van der Waals surface area contributed by atoms with Gasteiger partial charge in [0.25, 0.3) is 5.91 Å². The highest BCUT2D eigenvalue weighted by atomic mass is 32.1. The fourth-order valence-electron chi connectivity index (χ4n) is 2.41. The third kappa shape index (κ3) is 2.38. The van der Waals surface area contributed by atoms with Gasteiger partial charge in [-0.15, -0.1) is 0 Å². The highest BCUT2D eigenvalue weighted by Crippen LogP contribution is 2.27. The Labute approximate surface area is 135 Å². The molecule has 1 amide bonds. The Hall–Kier alpha value is -3.00. The SMILES string of the molecule is O=C1NC(=S)N/C1=C\c1cc(-c2ccc3c(c2)COC3=O)no1. The molecule has 4 rings (SSSR count). The minimum absolute atomic E-state index is 0.254. The van der Waals surface area contributed by atoms with E-state index in [-0.39, 0.29) is 23.6 Å². The van der Waals surface area contributed by atoms with Gasteiger partial charge in [-0.25, -0.2) is 4.79 Å². The second kappa shape index (κ2) is 5.03. The third-order valence-corrected chi connectivity index (χ3v) is 3.72. The van der Waals surface area contributed by atoms with Crippen LogP contribution in [0.1, 0.15) is 21.7 Å². The van der Waals surface area contributed by atoms with E-state index < -0.39 is 0 Å². The first-order valence-electron chi connectivity index (χ1n) is 6.71. The van der Waals surface area contributed by atoms with Crippen LogP contribution in [0.15, 0.2) is 34.5 Å². The average molecular weight is 327 g/mol. The number of carbonyl (C=O) groups excluding carboxylic acids is 2. The molecule has 0 aliphatic carbocycles. The first kappa shape index (κ1) is 13.6. The quantitative estimate of drug-likeness (QED) is 0.488. The number of rotatable bonds is 2. The van der Waals surface area contributed by atoms with Crippen LogP contribution in [0.4, 0.5) is 0 Å². The molecule has 0 atom stereocenters. The topological polar surface area (TPSA) is 93.5 Å². The number of ether oxygens (including phenoxy) is 1. The molecule has 1 saturated heterocycles. The summed E-state index contributed by atoms with van der Waals surface area (Å²) in [5.74, 6) is -0.220. The van der Waals surface area contributed by atoms with Crippen molar-refractivity contribution in [1.29, 1.82) is 0 Å². The molecular weight excluding hydrogens is 318 g/mol. The Bertz CT molecular complexity index is 900. The van der Waals surface area contributed by atoms with E-state index >= 15 is 0 Å². The number of hydrogen-bond acceptors (Lipinski definition) is 6. The van der Waals surface area contributed by atoms with E-state index in [9.17, 15) is 9.59 Å². The normalized spacial score (nSPS) is 17.9. The van der Waals surface area contributed by atoms with Gasteiger partial charge < -0.3 is 14.6 Å². The standard InChI is InChI=1S/C15H9N3O4S/c19-13-12(16-15(23)17-13)5-9-4-11(18-22-9)7-1-2-10-8(3-7)6-21-14(10)20/h1-5H,6H2,(H2,16,17,19,23)/b12-5-. The number of thiocarbonyl (C=S) groups is 1. The first-order valence-corrected chi connectivity index (χ1v) is 7.12. The van der Waals surface area contributed by atoms with Gasteiger partial charge in [-0.05, 0) is 24.4 Å². The summed E-state index contributed by atoms with van der Waals surface area (Å²) < 4.78 is 10.2. The molecular formula is C15H9N3O4S. The largest absolute Gasteiger partial charge is 0.457 e. The molecule has 114 valence electrons. The van der Waals surface area contributed by atoms with Gasteiger partial charge in [0.05, 0.1) is 5.56 Å². The maximum atomic E-state index is 11.6. The van der Waals surface area contributed by atoms with Crippen LogP contribution >= 0.6 is 12.2 Å². The molecule has 23 heavy (non-hydrogen) atoms. The molecule has 7 nitrogen and oxygen atoms in total. The number of nitrogens with zero attached hydrogens (tertiary/aromatic N) is 1. The second-order valence-electron chi connectivity index (χ2n) is 5.03. The molecule has 8 heteroatoms. The Morgan fingerprint density at radius 2 is 2.09 bits per heavy atom. The maximum Gasteiger partial charge on any atom is 0.338 e. The molecule has 2 aliphatic heterocycles. The molecule has 0 radical (unpaired) electrons. The Morgan fingerprint density at radius 3 is 2.87 bits per heavy atom. The van der Waals surface area contributed by atoms with Crippen LogP contribution in [0.3, 0.4) is 0 Å². The van der Waals surface area contributed by atoms with Crippen molar-refractivity contribution in [3.8, 4) is 11.3 Å². The lowest BCUT2D eigenvalue weighted by molar-refractivity contribution is -0.115. The number of cyclic esters (lactones) is 1. The van der Waals surface area contributed by atoms with Gasteiger partial charge in [0, 0.05) is 23.3 Å². The number of amides is 1. The molecule has 3 heterocycles. The van der Waals surface area contributed by atoms with Crippen molar-refractivity contribution in [3.63, 3.8) is 0 Å². The summed E-state index contributed by atoms with van der Waals surface area (Å²) in [5.41, 5.74) is 3.08. The van der Waals surface area contributed by atoms with Gasteiger partial charge in [0.15, 0.2) is 10.9 Å². The number of nitrogens with one attached hydrogen (secondary N) is 2. The number of esters is 1. The molecule has 0 unspecified atom stereocenters. The van der Waals surface area contributed by atoms with Crippen molar-refractivity contribution in [1.82, 2.24) is 15.8 Å². The van der Waals surface area contributed by atoms with Crippen LogP contribution < -0.4 is 10.6 Å². The van der Waals surface area contributed by atoms with Crippen molar-refractivity contribution in [2.24, 2.45) is 0 Å². The van der Waals surface area contributed by atoms with Crippen LogP contribution in [-0.2, 0) is 16.1 Å². The molecule has 2 aliphatic rings. The summed E-state index contributed by atoms with van der Waals surface area (Å²) in [7, 11) is 0. The van der Waals surface area contributed by atoms with E-state index in [1.807, 2.05) is 6.07 Å². The van der Waals surface area contributed by atoms with Gasteiger partial charge in [0.2, 0.25) is 0 Å².